The molecule has 0 aliphatic carbocycles. The normalized spacial score (nSPS) is 17.9. The molecule has 0 amide bonds. The molecule has 112 valence electrons. The molecule has 1 heterocycles. The van der Waals surface area contributed by atoms with Crippen LogP contribution in [0.15, 0.2) is 18.2 Å². The number of nitrogens with one attached hydrogen (secondary N) is 1. The molecule has 1 aliphatic rings. The van der Waals surface area contributed by atoms with Gasteiger partial charge in [0.15, 0.2) is 0 Å². The molecule has 2 rings (SSSR count). The van der Waals surface area contributed by atoms with Crippen LogP contribution in [0.2, 0.25) is 0 Å². The molecule has 4 heteroatoms. The fraction of sp³-hybridized carbons (Fsp3) is 0.625. The summed E-state index contributed by atoms with van der Waals surface area (Å²) in [5.41, 5.74) is 3.95. The van der Waals surface area contributed by atoms with E-state index in [1.54, 1.807) is 7.11 Å². The molecule has 1 aromatic rings. The van der Waals surface area contributed by atoms with Gasteiger partial charge in [-0.15, -0.1) is 0 Å². The summed E-state index contributed by atoms with van der Waals surface area (Å²) in [6.07, 6.45) is 0. The van der Waals surface area contributed by atoms with E-state index in [0.29, 0.717) is 6.04 Å². The van der Waals surface area contributed by atoms with Gasteiger partial charge in [-0.2, -0.15) is 11.8 Å². The highest BCUT2D eigenvalue weighted by Crippen LogP contribution is 2.20. The van der Waals surface area contributed by atoms with Gasteiger partial charge in [0.05, 0.1) is 6.61 Å². The van der Waals surface area contributed by atoms with Crippen molar-refractivity contribution in [2.45, 2.75) is 26.4 Å². The number of hydrogen-bond donors (Lipinski definition) is 1. The van der Waals surface area contributed by atoms with Gasteiger partial charge in [0.25, 0.3) is 0 Å². The Balaban J connectivity index is 1.94. The number of aryl methyl sites for hydroxylation is 1. The molecule has 1 aliphatic heterocycles. The van der Waals surface area contributed by atoms with Crippen LogP contribution >= 0.6 is 11.8 Å². The van der Waals surface area contributed by atoms with E-state index in [1.165, 1.54) is 41.4 Å². The number of rotatable bonds is 6. The first-order chi connectivity index (χ1) is 9.69. The summed E-state index contributed by atoms with van der Waals surface area (Å²) < 4.78 is 5.17. The number of thioether (sulfide) groups is 1. The Labute approximate surface area is 127 Å². The van der Waals surface area contributed by atoms with Crippen molar-refractivity contribution in [3.63, 3.8) is 0 Å². The van der Waals surface area contributed by atoms with Gasteiger partial charge in [-0.05, 0) is 31.0 Å². The maximum atomic E-state index is 5.17. The molecule has 0 aromatic heterocycles. The van der Waals surface area contributed by atoms with Gasteiger partial charge < -0.3 is 10.1 Å². The molecule has 0 bridgehead atoms. The summed E-state index contributed by atoms with van der Waals surface area (Å²) >= 11 is 2.06. The van der Waals surface area contributed by atoms with Crippen LogP contribution in [-0.4, -0.2) is 49.3 Å². The Bertz CT molecular complexity index is 419. The first-order valence-corrected chi connectivity index (χ1v) is 8.49. The maximum absolute atomic E-state index is 5.17. The third-order valence-electron chi connectivity index (χ3n) is 3.62. The zero-order chi connectivity index (χ0) is 14.4. The van der Waals surface area contributed by atoms with E-state index in [4.69, 9.17) is 4.74 Å². The Morgan fingerprint density at radius 1 is 1.35 bits per heavy atom. The van der Waals surface area contributed by atoms with Crippen LogP contribution in [0.1, 0.15) is 18.1 Å². The highest BCUT2D eigenvalue weighted by atomic mass is 32.2. The molecular weight excluding hydrogens is 268 g/mol. The van der Waals surface area contributed by atoms with Crippen LogP contribution < -0.4 is 5.32 Å². The van der Waals surface area contributed by atoms with Crippen LogP contribution in [0.25, 0.3) is 0 Å². The molecule has 0 saturated carbocycles. The zero-order valence-electron chi connectivity index (χ0n) is 12.8. The van der Waals surface area contributed by atoms with Gasteiger partial charge in [0.1, 0.15) is 0 Å². The van der Waals surface area contributed by atoms with Crippen molar-refractivity contribution in [3.8, 4) is 0 Å². The minimum absolute atomic E-state index is 0.337. The lowest BCUT2D eigenvalue weighted by Crippen LogP contribution is -2.32. The number of methoxy groups -OCH3 is 1. The van der Waals surface area contributed by atoms with E-state index in [2.05, 4.69) is 54.0 Å². The van der Waals surface area contributed by atoms with Crippen LogP contribution in [-0.2, 0) is 11.3 Å². The average molecular weight is 294 g/mol. The van der Waals surface area contributed by atoms with E-state index in [0.717, 1.165) is 13.2 Å². The van der Waals surface area contributed by atoms with E-state index in [-0.39, 0.29) is 0 Å². The second kappa shape index (κ2) is 7.91. The zero-order valence-corrected chi connectivity index (χ0v) is 13.6. The average Bonchev–Trinajstić information content (AvgIpc) is 2.43. The quantitative estimate of drug-likeness (QED) is 0.872. The van der Waals surface area contributed by atoms with Gasteiger partial charge >= 0.3 is 0 Å². The van der Waals surface area contributed by atoms with Gasteiger partial charge in [-0.1, -0.05) is 12.1 Å². The fourth-order valence-electron chi connectivity index (χ4n) is 2.56. The molecule has 20 heavy (non-hydrogen) atoms. The summed E-state index contributed by atoms with van der Waals surface area (Å²) in [7, 11) is 1.74. The Morgan fingerprint density at radius 2 is 2.10 bits per heavy atom. The smallest absolute Gasteiger partial charge is 0.0661 e. The summed E-state index contributed by atoms with van der Waals surface area (Å²) in [4.78, 5) is 2.55. The number of ether oxygens (including phenoxy) is 1. The van der Waals surface area contributed by atoms with Crippen LogP contribution in [0.3, 0.4) is 0 Å². The predicted octanol–water partition coefficient (Wildman–Crippen LogP) is 2.99. The van der Waals surface area contributed by atoms with Crippen molar-refractivity contribution in [2.24, 2.45) is 0 Å². The highest BCUT2D eigenvalue weighted by Gasteiger charge is 2.11. The standard InChI is InChI=1S/C16H26N2OS/c1-13-10-15(11-18-6-8-20-9-7-18)4-5-16(13)17-14(2)12-19-3/h4-5,10,14,17H,6-9,11-12H2,1-3H3/t14-/m1/s1. The van der Waals surface area contributed by atoms with Crippen LogP contribution in [0.5, 0.6) is 0 Å². The van der Waals surface area contributed by atoms with E-state index in [9.17, 15) is 0 Å². The lowest BCUT2D eigenvalue weighted by Gasteiger charge is -2.26. The Kier molecular flexibility index (Phi) is 6.20. The summed E-state index contributed by atoms with van der Waals surface area (Å²) in [6, 6.07) is 7.10. The number of hydrogen-bond acceptors (Lipinski definition) is 4. The first kappa shape index (κ1) is 15.7. The molecule has 0 radical (unpaired) electrons. The van der Waals surface area contributed by atoms with Gasteiger partial charge in [-0.3, -0.25) is 4.90 Å². The first-order valence-electron chi connectivity index (χ1n) is 7.34. The van der Waals surface area contributed by atoms with E-state index in [1.807, 2.05) is 0 Å². The molecule has 1 N–H and O–H groups in total. The minimum atomic E-state index is 0.337. The summed E-state index contributed by atoms with van der Waals surface area (Å²) in [5.74, 6) is 2.54. The minimum Gasteiger partial charge on any atom is -0.383 e. The molecule has 0 spiro atoms. The van der Waals surface area contributed by atoms with Gasteiger partial charge in [0.2, 0.25) is 0 Å². The topological polar surface area (TPSA) is 24.5 Å². The Hall–Kier alpha value is -0.710. The second-order valence-electron chi connectivity index (χ2n) is 5.54. The highest BCUT2D eigenvalue weighted by molar-refractivity contribution is 7.99. The van der Waals surface area contributed by atoms with Gasteiger partial charge in [0, 0.05) is 50.0 Å². The summed E-state index contributed by atoms with van der Waals surface area (Å²) in [6.45, 7) is 8.56. The van der Waals surface area contributed by atoms with Crippen LogP contribution in [0.4, 0.5) is 5.69 Å². The number of anilines is 1. The van der Waals surface area contributed by atoms with Crippen molar-refractivity contribution < 1.29 is 4.74 Å². The van der Waals surface area contributed by atoms with Crippen molar-refractivity contribution >= 4 is 17.4 Å². The van der Waals surface area contributed by atoms with E-state index >= 15 is 0 Å². The fourth-order valence-corrected chi connectivity index (χ4v) is 3.54. The summed E-state index contributed by atoms with van der Waals surface area (Å²) in [5, 5.41) is 3.50. The molecule has 3 nitrogen and oxygen atoms in total. The SMILES string of the molecule is COC[C@@H](C)Nc1ccc(CN2CCSCC2)cc1C. The van der Waals surface area contributed by atoms with Crippen molar-refractivity contribution in [1.29, 1.82) is 0 Å². The van der Waals surface area contributed by atoms with Crippen molar-refractivity contribution in [3.05, 3.63) is 29.3 Å². The van der Waals surface area contributed by atoms with Crippen molar-refractivity contribution in [2.75, 3.05) is 43.6 Å². The second-order valence-corrected chi connectivity index (χ2v) is 6.76. The molecular formula is C16H26N2OS. The number of benzene rings is 1. The molecule has 0 unspecified atom stereocenters. The van der Waals surface area contributed by atoms with Gasteiger partial charge in [-0.25, -0.2) is 0 Å². The van der Waals surface area contributed by atoms with E-state index < -0.39 is 0 Å². The third kappa shape index (κ3) is 4.69. The maximum Gasteiger partial charge on any atom is 0.0661 e. The third-order valence-corrected chi connectivity index (χ3v) is 4.56. The molecule has 1 aromatic carbocycles. The van der Waals surface area contributed by atoms with Crippen LogP contribution in [0, 0.1) is 6.92 Å². The van der Waals surface area contributed by atoms with Crippen molar-refractivity contribution in [1.82, 2.24) is 4.90 Å². The monoisotopic (exact) mass is 294 g/mol. The molecule has 1 saturated heterocycles. The Morgan fingerprint density at radius 3 is 2.75 bits per heavy atom. The molecule has 1 fully saturated rings. The number of nitrogens with zero attached hydrogens (tertiary/aromatic N) is 1. The predicted molar refractivity (Wildman–Crippen MR) is 88.7 cm³/mol. The lowest BCUT2D eigenvalue weighted by molar-refractivity contribution is 0.190. The largest absolute Gasteiger partial charge is 0.383 e. The molecule has 1 atom stereocenters. The lowest BCUT2D eigenvalue weighted by atomic mass is 10.1.